The number of nitrogens with zero attached hydrogens (tertiary/aromatic N) is 1. The Kier molecular flexibility index (Phi) is 4.73. The zero-order valence-electron chi connectivity index (χ0n) is 13.5. The van der Waals surface area contributed by atoms with Gasteiger partial charge in [0.15, 0.2) is 0 Å². The molecule has 0 aromatic heterocycles. The maximum absolute atomic E-state index is 12.8. The van der Waals surface area contributed by atoms with Gasteiger partial charge in [-0.3, -0.25) is 4.79 Å². The van der Waals surface area contributed by atoms with E-state index in [2.05, 4.69) is 4.72 Å². The van der Waals surface area contributed by atoms with Gasteiger partial charge in [0.25, 0.3) is 5.91 Å². The lowest BCUT2D eigenvalue weighted by atomic mass is 9.95. The molecule has 3 rings (SSSR count). The first kappa shape index (κ1) is 16.5. The number of benzene rings is 1. The van der Waals surface area contributed by atoms with Crippen LogP contribution in [0.15, 0.2) is 29.2 Å². The Morgan fingerprint density at radius 1 is 1.09 bits per heavy atom. The summed E-state index contributed by atoms with van der Waals surface area (Å²) in [7, 11) is -2.08. The van der Waals surface area contributed by atoms with Crippen LogP contribution in [0.25, 0.3) is 0 Å². The number of amides is 1. The summed E-state index contributed by atoms with van der Waals surface area (Å²) in [5, 5.41) is 0. The summed E-state index contributed by atoms with van der Waals surface area (Å²) in [6.07, 6.45) is 7.18. The second kappa shape index (κ2) is 6.61. The first-order valence-electron chi connectivity index (χ1n) is 8.37. The van der Waals surface area contributed by atoms with Crippen molar-refractivity contribution in [1.29, 1.82) is 0 Å². The van der Waals surface area contributed by atoms with E-state index >= 15 is 0 Å². The molecule has 2 aliphatic rings. The highest BCUT2D eigenvalue weighted by molar-refractivity contribution is 7.89. The molecule has 1 aromatic rings. The lowest BCUT2D eigenvalue weighted by Gasteiger charge is -2.29. The summed E-state index contributed by atoms with van der Waals surface area (Å²) in [6, 6.07) is 6.61. The average Bonchev–Trinajstić information content (AvgIpc) is 3.25. The number of hydrogen-bond acceptors (Lipinski definition) is 3. The van der Waals surface area contributed by atoms with Crippen LogP contribution in [0.2, 0.25) is 0 Å². The molecule has 1 aliphatic heterocycles. The van der Waals surface area contributed by atoms with Gasteiger partial charge in [-0.05, 0) is 62.9 Å². The van der Waals surface area contributed by atoms with Gasteiger partial charge in [0.05, 0.1) is 4.90 Å². The van der Waals surface area contributed by atoms with Crippen LogP contribution < -0.4 is 4.72 Å². The number of nitrogens with one attached hydrogen (secondary N) is 1. The fourth-order valence-corrected chi connectivity index (χ4v) is 4.67. The highest BCUT2D eigenvalue weighted by atomic mass is 32.2. The van der Waals surface area contributed by atoms with Crippen molar-refractivity contribution in [2.24, 2.45) is 5.92 Å². The second-order valence-corrected chi connectivity index (χ2v) is 8.37. The maximum Gasteiger partial charge on any atom is 0.254 e. The number of likely N-dealkylation sites (tertiary alicyclic amines) is 1. The van der Waals surface area contributed by atoms with E-state index in [-0.39, 0.29) is 10.8 Å². The van der Waals surface area contributed by atoms with Crippen LogP contribution in [0.4, 0.5) is 0 Å². The minimum Gasteiger partial charge on any atom is -0.335 e. The first-order valence-corrected chi connectivity index (χ1v) is 9.86. The Morgan fingerprint density at radius 3 is 2.35 bits per heavy atom. The van der Waals surface area contributed by atoms with Crippen LogP contribution in [-0.2, 0) is 10.0 Å². The number of rotatable bonds is 4. The quantitative estimate of drug-likeness (QED) is 0.918. The molecule has 1 saturated carbocycles. The van der Waals surface area contributed by atoms with Gasteiger partial charge in [0.1, 0.15) is 0 Å². The standard InChI is InChI=1S/C17H24N2O3S/c1-18-23(21,22)15-10-8-14(9-11-15)17(20)19-12-4-7-16(19)13-5-2-3-6-13/h8-11,13,16,18H,2-7,12H2,1H3/t16-/m1/s1. The number of sulfonamides is 1. The van der Waals surface area contributed by atoms with Crippen molar-refractivity contribution >= 4 is 15.9 Å². The van der Waals surface area contributed by atoms with Gasteiger partial charge in [-0.1, -0.05) is 12.8 Å². The second-order valence-electron chi connectivity index (χ2n) is 6.48. The number of hydrogen-bond donors (Lipinski definition) is 1. The van der Waals surface area contributed by atoms with E-state index in [1.54, 1.807) is 12.1 Å². The van der Waals surface area contributed by atoms with Crippen molar-refractivity contribution in [3.05, 3.63) is 29.8 Å². The summed E-state index contributed by atoms with van der Waals surface area (Å²) in [6.45, 7) is 0.816. The molecule has 2 fully saturated rings. The summed E-state index contributed by atoms with van der Waals surface area (Å²) in [4.78, 5) is 15.0. The monoisotopic (exact) mass is 336 g/mol. The van der Waals surface area contributed by atoms with E-state index < -0.39 is 10.0 Å². The van der Waals surface area contributed by atoms with Crippen molar-refractivity contribution in [3.63, 3.8) is 0 Å². The molecule has 1 aromatic carbocycles. The molecule has 0 bridgehead atoms. The van der Waals surface area contributed by atoms with Crippen molar-refractivity contribution in [3.8, 4) is 0 Å². The molecule has 1 atom stereocenters. The van der Waals surface area contributed by atoms with E-state index in [9.17, 15) is 13.2 Å². The van der Waals surface area contributed by atoms with E-state index in [4.69, 9.17) is 0 Å². The fourth-order valence-electron chi connectivity index (χ4n) is 3.94. The van der Waals surface area contributed by atoms with Gasteiger partial charge >= 0.3 is 0 Å². The van der Waals surface area contributed by atoms with Crippen LogP contribution in [0.1, 0.15) is 48.9 Å². The fraction of sp³-hybridized carbons (Fsp3) is 0.588. The Bertz CT molecular complexity index is 664. The van der Waals surface area contributed by atoms with Gasteiger partial charge in [-0.25, -0.2) is 13.1 Å². The molecule has 1 aliphatic carbocycles. The largest absolute Gasteiger partial charge is 0.335 e. The SMILES string of the molecule is CNS(=O)(=O)c1ccc(C(=O)N2CCC[C@@H]2C2CCCC2)cc1. The molecule has 126 valence electrons. The third kappa shape index (κ3) is 3.28. The predicted molar refractivity (Wildman–Crippen MR) is 88.7 cm³/mol. The average molecular weight is 336 g/mol. The molecule has 23 heavy (non-hydrogen) atoms. The molecule has 0 radical (unpaired) electrons. The molecule has 1 amide bonds. The molecule has 6 heteroatoms. The maximum atomic E-state index is 12.8. The van der Waals surface area contributed by atoms with Crippen LogP contribution in [-0.4, -0.2) is 38.9 Å². The Balaban J connectivity index is 1.77. The summed E-state index contributed by atoms with van der Waals surface area (Å²) in [5.41, 5.74) is 0.574. The van der Waals surface area contributed by atoms with E-state index in [0.717, 1.165) is 19.4 Å². The molecule has 1 saturated heterocycles. The Morgan fingerprint density at radius 2 is 1.74 bits per heavy atom. The predicted octanol–water partition coefficient (Wildman–Crippen LogP) is 2.39. The van der Waals surface area contributed by atoms with Crippen molar-refractivity contribution in [2.45, 2.75) is 49.5 Å². The molecule has 1 N–H and O–H groups in total. The Labute approximate surface area is 138 Å². The van der Waals surface area contributed by atoms with Gasteiger partial charge in [-0.15, -0.1) is 0 Å². The third-order valence-electron chi connectivity index (χ3n) is 5.18. The van der Waals surface area contributed by atoms with Crippen LogP contribution in [0.5, 0.6) is 0 Å². The molecular formula is C17H24N2O3S. The zero-order chi connectivity index (χ0) is 16.4. The summed E-state index contributed by atoms with van der Waals surface area (Å²) < 4.78 is 25.8. The van der Waals surface area contributed by atoms with Crippen molar-refractivity contribution in [1.82, 2.24) is 9.62 Å². The van der Waals surface area contributed by atoms with Crippen LogP contribution in [0.3, 0.4) is 0 Å². The topological polar surface area (TPSA) is 66.5 Å². The van der Waals surface area contributed by atoms with Gasteiger partial charge < -0.3 is 4.90 Å². The van der Waals surface area contributed by atoms with E-state index in [1.807, 2.05) is 4.90 Å². The van der Waals surface area contributed by atoms with Crippen LogP contribution >= 0.6 is 0 Å². The first-order chi connectivity index (χ1) is 11.0. The Hall–Kier alpha value is -1.40. The van der Waals surface area contributed by atoms with Gasteiger partial charge in [0.2, 0.25) is 10.0 Å². The molecule has 0 unspecified atom stereocenters. The molecule has 1 heterocycles. The highest BCUT2D eigenvalue weighted by Gasteiger charge is 2.36. The number of carbonyl (C=O) groups excluding carboxylic acids is 1. The van der Waals surface area contributed by atoms with E-state index in [1.165, 1.54) is 44.9 Å². The normalized spacial score (nSPS) is 22.7. The lowest BCUT2D eigenvalue weighted by Crippen LogP contribution is -2.39. The zero-order valence-corrected chi connectivity index (χ0v) is 14.3. The smallest absolute Gasteiger partial charge is 0.254 e. The van der Waals surface area contributed by atoms with Crippen LogP contribution in [0, 0.1) is 5.92 Å². The highest BCUT2D eigenvalue weighted by Crippen LogP contribution is 2.36. The van der Waals surface area contributed by atoms with Crippen molar-refractivity contribution < 1.29 is 13.2 Å². The van der Waals surface area contributed by atoms with Gasteiger partial charge in [0, 0.05) is 18.2 Å². The number of carbonyl (C=O) groups is 1. The van der Waals surface area contributed by atoms with Crippen molar-refractivity contribution in [2.75, 3.05) is 13.6 Å². The molecule has 0 spiro atoms. The lowest BCUT2D eigenvalue weighted by molar-refractivity contribution is 0.0689. The summed E-state index contributed by atoms with van der Waals surface area (Å²) in [5.74, 6) is 0.679. The minimum absolute atomic E-state index is 0.0350. The summed E-state index contributed by atoms with van der Waals surface area (Å²) >= 11 is 0. The minimum atomic E-state index is -3.46. The van der Waals surface area contributed by atoms with E-state index in [0.29, 0.717) is 17.5 Å². The molecular weight excluding hydrogens is 312 g/mol. The third-order valence-corrected chi connectivity index (χ3v) is 6.61. The van der Waals surface area contributed by atoms with Gasteiger partial charge in [-0.2, -0.15) is 0 Å². The molecule has 5 nitrogen and oxygen atoms in total.